The summed E-state index contributed by atoms with van der Waals surface area (Å²) in [6.45, 7) is 2.29. The molecule has 0 aliphatic heterocycles. The maximum Gasteiger partial charge on any atom is 0.707 e. The van der Waals surface area contributed by atoms with E-state index in [4.69, 9.17) is 14.7 Å². The predicted molar refractivity (Wildman–Crippen MR) is 88.5 cm³/mol. The highest BCUT2D eigenvalue weighted by Crippen LogP contribution is 2.37. The normalized spacial score (nSPS) is 11.2. The quantitative estimate of drug-likeness (QED) is 0.562. The van der Waals surface area contributed by atoms with Crippen LogP contribution in [0.2, 0.25) is 0 Å². The Morgan fingerprint density at radius 1 is 1.42 bits per heavy atom. The van der Waals surface area contributed by atoms with Gasteiger partial charge in [0.1, 0.15) is 16.6 Å². The number of thiazole rings is 1. The Morgan fingerprint density at radius 2 is 2.15 bits per heavy atom. The van der Waals surface area contributed by atoms with Crippen LogP contribution in [0.4, 0.5) is 23.8 Å². The van der Waals surface area contributed by atoms with Gasteiger partial charge in [0.2, 0.25) is 0 Å². The van der Waals surface area contributed by atoms with Crippen LogP contribution in [-0.2, 0) is 6.18 Å². The zero-order chi connectivity index (χ0) is 19.3. The molecule has 2 rings (SSSR count). The van der Waals surface area contributed by atoms with E-state index >= 15 is 0 Å². The molecule has 0 saturated heterocycles. The van der Waals surface area contributed by atoms with Crippen LogP contribution < -0.4 is 15.3 Å². The lowest BCUT2D eigenvalue weighted by Gasteiger charge is -2.12. The Labute approximate surface area is 150 Å². The minimum Gasteiger partial charge on any atom is -0.510 e. The summed E-state index contributed by atoms with van der Waals surface area (Å²) in [6, 6.07) is 0.679. The molecule has 0 fully saturated rings. The van der Waals surface area contributed by atoms with Crippen molar-refractivity contribution in [3.63, 3.8) is 0 Å². The number of carbonyl (C=O) groups excluding carboxylic acids is 1. The third-order valence-electron chi connectivity index (χ3n) is 2.90. The van der Waals surface area contributed by atoms with E-state index in [0.29, 0.717) is 24.3 Å². The van der Waals surface area contributed by atoms with E-state index < -0.39 is 25.2 Å². The number of nitrogens with one attached hydrogen (secondary N) is 2. The van der Waals surface area contributed by atoms with Gasteiger partial charge in [0.25, 0.3) is 0 Å². The van der Waals surface area contributed by atoms with E-state index in [2.05, 4.69) is 20.6 Å². The Morgan fingerprint density at radius 3 is 2.73 bits per heavy atom. The highest BCUT2D eigenvalue weighted by atomic mass is 32.1. The number of anilines is 1. The number of aromatic nitrogens is 2. The van der Waals surface area contributed by atoms with Gasteiger partial charge in [0.05, 0.1) is 11.8 Å². The van der Waals surface area contributed by atoms with E-state index in [0.717, 1.165) is 11.6 Å². The minimum absolute atomic E-state index is 0.0133. The number of carbonyl (C=O) groups is 1. The molecule has 0 aliphatic rings. The molecule has 13 heteroatoms. The Hall–Kier alpha value is -2.38. The molecule has 140 valence electrons. The number of pyridine rings is 1. The first-order valence-electron chi connectivity index (χ1n) is 7.31. The molecule has 26 heavy (non-hydrogen) atoms. The fraction of sp³-hybridized carbons (Fsp3) is 0.308. The smallest absolute Gasteiger partial charge is 0.510 e. The molecule has 0 saturated carbocycles. The summed E-state index contributed by atoms with van der Waals surface area (Å²) >= 11 is 0.682. The van der Waals surface area contributed by atoms with Gasteiger partial charge in [-0.15, -0.1) is 11.3 Å². The first-order valence-corrected chi connectivity index (χ1v) is 8.19. The average molecular weight is 390 g/mol. The lowest BCUT2D eigenvalue weighted by Crippen LogP contribution is -2.29. The maximum atomic E-state index is 12.8. The summed E-state index contributed by atoms with van der Waals surface area (Å²) < 4.78 is 43.0. The number of hydrogen-bond acceptors (Lipinski definition) is 7. The van der Waals surface area contributed by atoms with Crippen molar-refractivity contribution >= 4 is 30.5 Å². The van der Waals surface area contributed by atoms with Crippen molar-refractivity contribution < 1.29 is 32.7 Å². The van der Waals surface area contributed by atoms with Gasteiger partial charge < -0.3 is 20.0 Å². The van der Waals surface area contributed by atoms with Gasteiger partial charge >= 0.3 is 19.5 Å². The lowest BCUT2D eigenvalue weighted by atomic mass is 10.2. The zero-order valence-corrected chi connectivity index (χ0v) is 14.2. The predicted octanol–water partition coefficient (Wildman–Crippen LogP) is 2.10. The van der Waals surface area contributed by atoms with Crippen LogP contribution in [0.5, 0.6) is 5.75 Å². The van der Waals surface area contributed by atoms with Gasteiger partial charge in [-0.3, -0.25) is 5.32 Å². The summed E-state index contributed by atoms with van der Waals surface area (Å²) in [5.74, 6) is -0.181. The molecule has 0 unspecified atom stereocenters. The third kappa shape index (κ3) is 5.31. The van der Waals surface area contributed by atoms with Crippen molar-refractivity contribution in [2.45, 2.75) is 19.5 Å². The minimum atomic E-state index is -4.62. The fourth-order valence-corrected chi connectivity index (χ4v) is 2.66. The molecular formula is C13H14BF3N4O4S. The van der Waals surface area contributed by atoms with Crippen LogP contribution in [-0.4, -0.2) is 39.9 Å². The Kier molecular flexibility index (Phi) is 6.39. The lowest BCUT2D eigenvalue weighted by molar-refractivity contribution is -0.140. The van der Waals surface area contributed by atoms with Gasteiger partial charge in [-0.25, -0.2) is 14.8 Å². The molecule has 2 aromatic heterocycles. The van der Waals surface area contributed by atoms with Crippen LogP contribution in [0.1, 0.15) is 19.0 Å². The van der Waals surface area contributed by atoms with Crippen LogP contribution in [0.25, 0.3) is 10.6 Å². The Balaban J connectivity index is 2.35. The van der Waals surface area contributed by atoms with Crippen molar-refractivity contribution in [3.05, 3.63) is 23.3 Å². The SMILES string of the molecule is CCCNC(=O)Nc1cc(-c2nc(C(F)(F)F)cs2)c(OB(O)O)cn1. The number of halogens is 3. The van der Waals surface area contributed by atoms with E-state index in [1.54, 1.807) is 0 Å². The molecule has 0 atom stereocenters. The summed E-state index contributed by atoms with van der Waals surface area (Å²) in [5, 5.41) is 23.6. The number of urea groups is 1. The number of alkyl halides is 3. The first-order chi connectivity index (χ1) is 12.2. The van der Waals surface area contributed by atoms with Gasteiger partial charge in [-0.2, -0.15) is 13.2 Å². The van der Waals surface area contributed by atoms with Crippen molar-refractivity contribution in [1.82, 2.24) is 15.3 Å². The molecule has 0 aromatic carbocycles. The highest BCUT2D eigenvalue weighted by Gasteiger charge is 2.34. The van der Waals surface area contributed by atoms with Crippen LogP contribution in [0.3, 0.4) is 0 Å². The van der Waals surface area contributed by atoms with E-state index in [-0.39, 0.29) is 22.1 Å². The summed E-state index contributed by atoms with van der Waals surface area (Å²) in [4.78, 5) is 19.0. The summed E-state index contributed by atoms with van der Waals surface area (Å²) in [6.07, 6.45) is -2.87. The molecule has 2 heterocycles. The van der Waals surface area contributed by atoms with Crippen molar-refractivity contribution in [2.75, 3.05) is 11.9 Å². The molecular weight excluding hydrogens is 376 g/mol. The Bertz CT molecular complexity index is 772. The highest BCUT2D eigenvalue weighted by molar-refractivity contribution is 7.13. The number of hydrogen-bond donors (Lipinski definition) is 4. The van der Waals surface area contributed by atoms with Crippen molar-refractivity contribution in [3.8, 4) is 16.3 Å². The van der Waals surface area contributed by atoms with E-state index in [1.807, 2.05) is 6.92 Å². The van der Waals surface area contributed by atoms with Crippen molar-refractivity contribution in [1.29, 1.82) is 0 Å². The number of rotatable bonds is 6. The first kappa shape index (κ1) is 19.9. The average Bonchev–Trinajstić information content (AvgIpc) is 3.04. The summed E-state index contributed by atoms with van der Waals surface area (Å²) in [5.41, 5.74) is -1.08. The topological polar surface area (TPSA) is 117 Å². The van der Waals surface area contributed by atoms with Crippen LogP contribution in [0, 0.1) is 0 Å². The standard InChI is InChI=1S/C13H14BF3N4O4S/c1-2-3-18-12(22)21-10-4-7(8(5-19-10)25-14(23)24)11-20-9(6-26-11)13(15,16)17/h4-6,23-24H,2-3H2,1H3,(H2,18,19,21,22). The van der Waals surface area contributed by atoms with E-state index in [1.165, 1.54) is 6.07 Å². The van der Waals surface area contributed by atoms with Crippen LogP contribution >= 0.6 is 11.3 Å². The maximum absolute atomic E-state index is 12.8. The number of nitrogens with zero attached hydrogens (tertiary/aromatic N) is 2. The second-order valence-corrected chi connectivity index (χ2v) is 5.78. The molecule has 8 nitrogen and oxygen atoms in total. The van der Waals surface area contributed by atoms with Crippen molar-refractivity contribution in [2.24, 2.45) is 0 Å². The summed E-state index contributed by atoms with van der Waals surface area (Å²) in [7, 11) is -2.20. The van der Waals surface area contributed by atoms with E-state index in [9.17, 15) is 18.0 Å². The van der Waals surface area contributed by atoms with Gasteiger partial charge in [-0.1, -0.05) is 6.92 Å². The van der Waals surface area contributed by atoms with Crippen LogP contribution in [0.15, 0.2) is 17.6 Å². The third-order valence-corrected chi connectivity index (χ3v) is 3.78. The molecule has 0 aliphatic carbocycles. The fourth-order valence-electron chi connectivity index (χ4n) is 1.81. The molecule has 0 bridgehead atoms. The molecule has 2 aromatic rings. The monoisotopic (exact) mass is 390 g/mol. The molecule has 0 spiro atoms. The number of amides is 2. The zero-order valence-electron chi connectivity index (χ0n) is 13.4. The van der Waals surface area contributed by atoms with Gasteiger partial charge in [-0.05, 0) is 12.5 Å². The molecule has 0 radical (unpaired) electrons. The van der Waals surface area contributed by atoms with Gasteiger partial charge in [0.15, 0.2) is 5.69 Å². The largest absolute Gasteiger partial charge is 0.707 e. The molecule has 4 N–H and O–H groups in total. The second kappa shape index (κ2) is 8.34. The second-order valence-electron chi connectivity index (χ2n) is 4.93. The van der Waals surface area contributed by atoms with Gasteiger partial charge in [0, 0.05) is 11.9 Å². The molecule has 2 amide bonds.